The van der Waals surface area contributed by atoms with Gasteiger partial charge in [0, 0.05) is 38.8 Å². The molecule has 0 saturated carbocycles. The minimum Gasteiger partial charge on any atom is -0.481 e. The van der Waals surface area contributed by atoms with Gasteiger partial charge >= 0.3 is 12.0 Å². The third-order valence-electron chi connectivity index (χ3n) is 2.99. The normalized spacial score (nSPS) is 11.0. The molecule has 21 heavy (non-hydrogen) atoms. The number of carboxylic acid groups (broad SMARTS) is 1. The van der Waals surface area contributed by atoms with E-state index in [-0.39, 0.29) is 6.42 Å². The Balaban J connectivity index is 2.32. The fourth-order valence-electron chi connectivity index (χ4n) is 1.62. The Kier molecular flexibility index (Phi) is 5.45. The number of aliphatic carboxylic acids is 1. The van der Waals surface area contributed by atoms with E-state index in [0.29, 0.717) is 13.0 Å². The van der Waals surface area contributed by atoms with E-state index in [1.54, 1.807) is 12.4 Å². The SMILES string of the molecule is Cn1ccnc1CCNC(=O)NC(=O)CC(C)(C)C(=O)O. The van der Waals surface area contributed by atoms with E-state index >= 15 is 0 Å². The predicted octanol–water partition coefficient (Wildman–Crippen LogP) is 0.289. The lowest BCUT2D eigenvalue weighted by molar-refractivity contribution is -0.149. The molecule has 8 nitrogen and oxygen atoms in total. The molecular weight excluding hydrogens is 276 g/mol. The summed E-state index contributed by atoms with van der Waals surface area (Å²) in [4.78, 5) is 38.1. The largest absolute Gasteiger partial charge is 0.481 e. The molecule has 1 rings (SSSR count). The molecule has 0 aromatic carbocycles. The lowest BCUT2D eigenvalue weighted by Gasteiger charge is -2.17. The molecule has 0 unspecified atom stereocenters. The van der Waals surface area contributed by atoms with Crippen LogP contribution in [0, 0.1) is 5.41 Å². The van der Waals surface area contributed by atoms with Gasteiger partial charge in [-0.15, -0.1) is 0 Å². The Hall–Kier alpha value is -2.38. The van der Waals surface area contributed by atoms with Gasteiger partial charge in [-0.05, 0) is 13.8 Å². The second-order valence-electron chi connectivity index (χ2n) is 5.37. The minimum atomic E-state index is -1.21. The van der Waals surface area contributed by atoms with Crippen LogP contribution in [0.1, 0.15) is 26.1 Å². The van der Waals surface area contributed by atoms with Gasteiger partial charge in [0.15, 0.2) is 0 Å². The maximum Gasteiger partial charge on any atom is 0.321 e. The number of hydrogen-bond acceptors (Lipinski definition) is 4. The topological polar surface area (TPSA) is 113 Å². The highest BCUT2D eigenvalue weighted by Gasteiger charge is 2.30. The molecule has 3 N–H and O–H groups in total. The molecule has 0 spiro atoms. The molecule has 1 heterocycles. The summed E-state index contributed by atoms with van der Waals surface area (Å²) >= 11 is 0. The lowest BCUT2D eigenvalue weighted by atomic mass is 9.89. The van der Waals surface area contributed by atoms with E-state index in [2.05, 4.69) is 15.6 Å². The number of imidazole rings is 1. The third-order valence-corrected chi connectivity index (χ3v) is 2.99. The predicted molar refractivity (Wildman–Crippen MR) is 74.5 cm³/mol. The van der Waals surface area contributed by atoms with Gasteiger partial charge in [-0.3, -0.25) is 14.9 Å². The highest BCUT2D eigenvalue weighted by molar-refractivity contribution is 5.96. The van der Waals surface area contributed by atoms with E-state index in [4.69, 9.17) is 5.11 Å². The Morgan fingerprint density at radius 1 is 1.38 bits per heavy atom. The average Bonchev–Trinajstić information content (AvgIpc) is 2.74. The number of carbonyl (C=O) groups is 3. The number of aromatic nitrogens is 2. The number of carboxylic acids is 1. The maximum absolute atomic E-state index is 11.6. The first-order chi connectivity index (χ1) is 9.72. The molecule has 1 aromatic heterocycles. The van der Waals surface area contributed by atoms with Crippen LogP contribution >= 0.6 is 0 Å². The number of amides is 3. The van der Waals surface area contributed by atoms with Gasteiger partial charge in [0.2, 0.25) is 5.91 Å². The molecule has 0 bridgehead atoms. The second-order valence-corrected chi connectivity index (χ2v) is 5.37. The molecule has 0 aliphatic rings. The summed E-state index contributed by atoms with van der Waals surface area (Å²) < 4.78 is 1.83. The first kappa shape index (κ1) is 16.7. The van der Waals surface area contributed by atoms with Crippen LogP contribution in [0.5, 0.6) is 0 Å². The van der Waals surface area contributed by atoms with Crippen molar-refractivity contribution in [1.82, 2.24) is 20.2 Å². The number of urea groups is 1. The molecule has 0 fully saturated rings. The van der Waals surface area contributed by atoms with Crippen LogP contribution in [0.15, 0.2) is 12.4 Å². The fraction of sp³-hybridized carbons (Fsp3) is 0.538. The fourth-order valence-corrected chi connectivity index (χ4v) is 1.62. The van der Waals surface area contributed by atoms with Crippen molar-refractivity contribution in [3.8, 4) is 0 Å². The molecule has 0 aliphatic heterocycles. The van der Waals surface area contributed by atoms with Crippen LogP contribution in [-0.4, -0.2) is 39.1 Å². The van der Waals surface area contributed by atoms with E-state index in [0.717, 1.165) is 5.82 Å². The first-order valence-corrected chi connectivity index (χ1v) is 6.49. The Morgan fingerprint density at radius 2 is 2.05 bits per heavy atom. The van der Waals surface area contributed by atoms with Crippen molar-refractivity contribution in [2.24, 2.45) is 12.5 Å². The standard InChI is InChI=1S/C13H20N4O4/c1-13(2,11(19)20)8-10(18)16-12(21)15-5-4-9-14-6-7-17(9)3/h6-7H,4-5,8H2,1-3H3,(H,19,20)(H2,15,16,18,21). The van der Waals surface area contributed by atoms with Crippen LogP contribution in [0.25, 0.3) is 0 Å². The summed E-state index contributed by atoms with van der Waals surface area (Å²) in [5, 5.41) is 13.5. The van der Waals surface area contributed by atoms with Crippen LogP contribution < -0.4 is 10.6 Å². The van der Waals surface area contributed by atoms with Crippen LogP contribution in [0.2, 0.25) is 0 Å². The van der Waals surface area contributed by atoms with Crippen LogP contribution in [-0.2, 0) is 23.1 Å². The van der Waals surface area contributed by atoms with Gasteiger partial charge in [-0.2, -0.15) is 0 Å². The molecule has 0 aliphatic carbocycles. The highest BCUT2D eigenvalue weighted by Crippen LogP contribution is 2.19. The zero-order valence-electron chi connectivity index (χ0n) is 12.3. The van der Waals surface area contributed by atoms with Crippen molar-refractivity contribution >= 4 is 17.9 Å². The van der Waals surface area contributed by atoms with Gasteiger partial charge in [0.1, 0.15) is 5.82 Å². The van der Waals surface area contributed by atoms with Gasteiger partial charge in [-0.25, -0.2) is 9.78 Å². The second kappa shape index (κ2) is 6.87. The number of nitrogens with zero attached hydrogens (tertiary/aromatic N) is 2. The summed E-state index contributed by atoms with van der Waals surface area (Å²) in [6.45, 7) is 3.17. The zero-order valence-corrected chi connectivity index (χ0v) is 12.3. The Labute approximate surface area is 122 Å². The lowest BCUT2D eigenvalue weighted by Crippen LogP contribution is -2.42. The highest BCUT2D eigenvalue weighted by atomic mass is 16.4. The van der Waals surface area contributed by atoms with Crippen molar-refractivity contribution < 1.29 is 19.5 Å². The third kappa shape index (κ3) is 5.25. The number of imide groups is 1. The number of aryl methyl sites for hydroxylation is 1. The average molecular weight is 296 g/mol. The van der Waals surface area contributed by atoms with E-state index < -0.39 is 23.3 Å². The quantitative estimate of drug-likeness (QED) is 0.698. The number of nitrogens with one attached hydrogen (secondary N) is 2. The Morgan fingerprint density at radius 3 is 2.57 bits per heavy atom. The van der Waals surface area contributed by atoms with Crippen molar-refractivity contribution in [2.75, 3.05) is 6.54 Å². The maximum atomic E-state index is 11.6. The van der Waals surface area contributed by atoms with Crippen molar-refractivity contribution in [1.29, 1.82) is 0 Å². The molecule has 3 amide bonds. The van der Waals surface area contributed by atoms with Gasteiger partial charge in [-0.1, -0.05) is 0 Å². The number of carbonyl (C=O) groups excluding carboxylic acids is 2. The van der Waals surface area contributed by atoms with Gasteiger partial charge in [0.05, 0.1) is 5.41 Å². The summed E-state index contributed by atoms with van der Waals surface area (Å²) in [7, 11) is 1.85. The number of hydrogen-bond donors (Lipinski definition) is 3. The van der Waals surface area contributed by atoms with Gasteiger partial charge in [0.25, 0.3) is 0 Å². The molecular formula is C13H20N4O4. The number of rotatable bonds is 6. The van der Waals surface area contributed by atoms with Crippen molar-refractivity contribution in [3.63, 3.8) is 0 Å². The van der Waals surface area contributed by atoms with Crippen LogP contribution in [0.4, 0.5) is 4.79 Å². The van der Waals surface area contributed by atoms with E-state index in [1.807, 2.05) is 11.6 Å². The van der Waals surface area contributed by atoms with E-state index in [1.165, 1.54) is 13.8 Å². The molecule has 0 atom stereocenters. The molecule has 0 saturated heterocycles. The van der Waals surface area contributed by atoms with Crippen molar-refractivity contribution in [3.05, 3.63) is 18.2 Å². The molecule has 1 aromatic rings. The summed E-state index contributed by atoms with van der Waals surface area (Å²) in [6.07, 6.45) is 3.72. The molecule has 8 heteroatoms. The van der Waals surface area contributed by atoms with Crippen molar-refractivity contribution in [2.45, 2.75) is 26.7 Å². The van der Waals surface area contributed by atoms with Crippen LogP contribution in [0.3, 0.4) is 0 Å². The summed E-state index contributed by atoms with van der Waals surface area (Å²) in [5.41, 5.74) is -1.21. The van der Waals surface area contributed by atoms with Gasteiger partial charge < -0.3 is 15.0 Å². The molecule has 116 valence electrons. The smallest absolute Gasteiger partial charge is 0.321 e. The first-order valence-electron chi connectivity index (χ1n) is 6.49. The Bertz CT molecular complexity index is 536. The zero-order chi connectivity index (χ0) is 16.0. The summed E-state index contributed by atoms with van der Waals surface area (Å²) in [6, 6.07) is -0.643. The monoisotopic (exact) mass is 296 g/mol. The molecule has 0 radical (unpaired) electrons. The summed E-state index contributed by atoms with van der Waals surface area (Å²) in [5.74, 6) is -0.904. The van der Waals surface area contributed by atoms with E-state index in [9.17, 15) is 14.4 Å². The minimum absolute atomic E-state index is 0.269.